The second-order valence-electron chi connectivity index (χ2n) is 4.70. The number of nitrogens with zero attached hydrogens (tertiary/aromatic N) is 2. The molecule has 20 heavy (non-hydrogen) atoms. The molecule has 1 N–H and O–H groups in total. The molecule has 1 saturated heterocycles. The van der Waals surface area contributed by atoms with Gasteiger partial charge in [-0.05, 0) is 29.7 Å². The number of benzene rings is 1. The minimum absolute atomic E-state index is 0.159. The van der Waals surface area contributed by atoms with Crippen molar-refractivity contribution < 1.29 is 0 Å². The Morgan fingerprint density at radius 1 is 1.15 bits per heavy atom. The third-order valence-electron chi connectivity index (χ3n) is 3.25. The summed E-state index contributed by atoms with van der Waals surface area (Å²) < 4.78 is 0. The van der Waals surface area contributed by atoms with Crippen molar-refractivity contribution in [3.8, 4) is 0 Å². The van der Waals surface area contributed by atoms with Crippen LogP contribution in [0.25, 0.3) is 0 Å². The first-order valence-electron chi connectivity index (χ1n) is 6.80. The van der Waals surface area contributed by atoms with Crippen LogP contribution in [0.2, 0.25) is 0 Å². The van der Waals surface area contributed by atoms with E-state index in [9.17, 15) is 0 Å². The van der Waals surface area contributed by atoms with Gasteiger partial charge in [0.25, 0.3) is 0 Å². The smallest absolute Gasteiger partial charge is 0.157 e. The first kappa shape index (κ1) is 13.2. The van der Waals surface area contributed by atoms with Crippen LogP contribution < -0.4 is 5.32 Å². The second kappa shape index (κ2) is 6.57. The first-order valence-corrected chi connectivity index (χ1v) is 7.79. The summed E-state index contributed by atoms with van der Waals surface area (Å²) in [6, 6.07) is 14.8. The van der Waals surface area contributed by atoms with Crippen molar-refractivity contribution in [2.45, 2.75) is 12.5 Å². The minimum Gasteiger partial charge on any atom is -0.364 e. The highest BCUT2D eigenvalue weighted by molar-refractivity contribution is 8.14. The van der Waals surface area contributed by atoms with Crippen molar-refractivity contribution in [2.24, 2.45) is 4.99 Å². The van der Waals surface area contributed by atoms with Crippen molar-refractivity contribution >= 4 is 16.9 Å². The summed E-state index contributed by atoms with van der Waals surface area (Å²) in [4.78, 5) is 8.97. The number of rotatable bonds is 4. The van der Waals surface area contributed by atoms with Crippen molar-refractivity contribution in [3.05, 3.63) is 66.0 Å². The van der Waals surface area contributed by atoms with Crippen LogP contribution in [0.5, 0.6) is 0 Å². The highest BCUT2D eigenvalue weighted by Crippen LogP contribution is 2.24. The molecule has 1 aliphatic heterocycles. The van der Waals surface area contributed by atoms with Crippen molar-refractivity contribution in [1.29, 1.82) is 0 Å². The lowest BCUT2D eigenvalue weighted by Gasteiger charge is -2.14. The third kappa shape index (κ3) is 3.39. The quantitative estimate of drug-likeness (QED) is 0.937. The average molecular weight is 283 g/mol. The van der Waals surface area contributed by atoms with Crippen LogP contribution in [0.4, 0.5) is 0 Å². The number of hydrogen-bond acceptors (Lipinski definition) is 3. The summed E-state index contributed by atoms with van der Waals surface area (Å²) in [6.45, 7) is 1.01. The van der Waals surface area contributed by atoms with Gasteiger partial charge < -0.3 is 5.32 Å². The van der Waals surface area contributed by atoms with Gasteiger partial charge in [-0.3, -0.25) is 9.98 Å². The zero-order chi connectivity index (χ0) is 13.6. The summed E-state index contributed by atoms with van der Waals surface area (Å²) in [5, 5.41) is 4.41. The molecule has 0 spiro atoms. The molecule has 0 radical (unpaired) electrons. The largest absolute Gasteiger partial charge is 0.364 e. The van der Waals surface area contributed by atoms with E-state index in [1.165, 1.54) is 11.1 Å². The molecular formula is C16H17N3S. The molecule has 1 atom stereocenters. The summed E-state index contributed by atoms with van der Waals surface area (Å²) in [5.74, 6) is 1.11. The molecule has 1 aromatic carbocycles. The fraction of sp³-hybridized carbons (Fsp3) is 0.250. The second-order valence-corrected chi connectivity index (χ2v) is 5.78. The van der Waals surface area contributed by atoms with Crippen LogP contribution in [0, 0.1) is 0 Å². The van der Waals surface area contributed by atoms with Crippen LogP contribution in [0.3, 0.4) is 0 Å². The third-order valence-corrected chi connectivity index (χ3v) is 4.18. The van der Waals surface area contributed by atoms with Crippen LogP contribution in [-0.2, 0) is 6.42 Å². The lowest BCUT2D eigenvalue weighted by Crippen LogP contribution is -2.15. The highest BCUT2D eigenvalue weighted by atomic mass is 32.2. The maximum atomic E-state index is 4.89. The minimum atomic E-state index is 0.159. The summed E-state index contributed by atoms with van der Waals surface area (Å²) in [6.07, 6.45) is 4.58. The molecule has 1 aliphatic rings. The van der Waals surface area contributed by atoms with E-state index < -0.39 is 0 Å². The molecule has 2 heterocycles. The average Bonchev–Trinajstić information content (AvgIpc) is 3.02. The molecule has 0 aliphatic carbocycles. The molecule has 1 aromatic heterocycles. The molecule has 3 rings (SSSR count). The predicted octanol–water partition coefficient (Wildman–Crippen LogP) is 3.06. The fourth-order valence-electron chi connectivity index (χ4n) is 2.24. The summed E-state index contributed by atoms with van der Waals surface area (Å²) in [5.41, 5.74) is 2.52. The molecule has 1 fully saturated rings. The molecule has 0 amide bonds. The van der Waals surface area contributed by atoms with Crippen LogP contribution in [0.15, 0.2) is 59.9 Å². The predicted molar refractivity (Wildman–Crippen MR) is 85.0 cm³/mol. The Balaban J connectivity index is 1.85. The van der Waals surface area contributed by atoms with Crippen molar-refractivity contribution in [2.75, 3.05) is 12.3 Å². The van der Waals surface area contributed by atoms with Gasteiger partial charge in [-0.25, -0.2) is 0 Å². The number of aromatic nitrogens is 1. The van der Waals surface area contributed by atoms with Crippen molar-refractivity contribution in [1.82, 2.24) is 10.3 Å². The number of nitrogens with one attached hydrogen (secondary N) is 1. The Labute approximate surface area is 123 Å². The van der Waals surface area contributed by atoms with Gasteiger partial charge in [0.2, 0.25) is 0 Å². The number of aliphatic imine (C=N–C) groups is 1. The standard InChI is InChI=1S/C16H17N3S/c1-2-4-14(5-3-1)15(19-16-18-10-11-20-16)12-13-6-8-17-9-7-13/h1-9,15H,10-12H2,(H,18,19). The Kier molecular flexibility index (Phi) is 4.33. The van der Waals surface area contributed by atoms with Crippen molar-refractivity contribution in [3.63, 3.8) is 0 Å². The molecule has 0 bridgehead atoms. The number of pyridine rings is 1. The fourth-order valence-corrected chi connectivity index (χ4v) is 3.04. The maximum absolute atomic E-state index is 4.89. The summed E-state index contributed by atoms with van der Waals surface area (Å²) >= 11 is 1.80. The lowest BCUT2D eigenvalue weighted by molar-refractivity contribution is 0.721. The Hall–Kier alpha value is -1.81. The number of hydrogen-bond donors (Lipinski definition) is 1. The molecule has 102 valence electrons. The molecular weight excluding hydrogens is 266 g/mol. The van der Waals surface area contributed by atoms with Crippen LogP contribution in [-0.4, -0.2) is 22.4 Å². The molecule has 2 aromatic rings. The monoisotopic (exact) mass is 283 g/mol. The topological polar surface area (TPSA) is 37.3 Å². The van der Waals surface area contributed by atoms with E-state index in [4.69, 9.17) is 4.99 Å². The highest BCUT2D eigenvalue weighted by Gasteiger charge is 2.15. The zero-order valence-electron chi connectivity index (χ0n) is 11.2. The van der Waals surface area contributed by atoms with E-state index in [2.05, 4.69) is 46.7 Å². The normalized spacial score (nSPS) is 17.9. The molecule has 3 nitrogen and oxygen atoms in total. The Bertz CT molecular complexity index is 561. The van der Waals surface area contributed by atoms with E-state index in [0.29, 0.717) is 0 Å². The van der Waals surface area contributed by atoms with Gasteiger partial charge in [-0.1, -0.05) is 42.1 Å². The maximum Gasteiger partial charge on any atom is 0.157 e. The number of thioether (sulfide) groups is 1. The van der Waals surface area contributed by atoms with E-state index in [-0.39, 0.29) is 6.04 Å². The van der Waals surface area contributed by atoms with Gasteiger partial charge in [-0.15, -0.1) is 0 Å². The van der Waals surface area contributed by atoms with Gasteiger partial charge in [-0.2, -0.15) is 0 Å². The van der Waals surface area contributed by atoms with E-state index in [1.807, 2.05) is 18.5 Å². The van der Waals surface area contributed by atoms with E-state index in [1.54, 1.807) is 11.8 Å². The SMILES string of the molecule is c1ccc(C(Cc2ccncc2)/N=C2\NCCS2)cc1. The van der Waals surface area contributed by atoms with Crippen LogP contribution >= 0.6 is 11.8 Å². The van der Waals surface area contributed by atoms with Gasteiger partial charge in [0.1, 0.15) is 0 Å². The van der Waals surface area contributed by atoms with Crippen LogP contribution in [0.1, 0.15) is 17.2 Å². The van der Waals surface area contributed by atoms with Gasteiger partial charge in [0.05, 0.1) is 6.04 Å². The van der Waals surface area contributed by atoms with Gasteiger partial charge >= 0.3 is 0 Å². The van der Waals surface area contributed by atoms with Gasteiger partial charge in [0.15, 0.2) is 5.17 Å². The molecule has 4 heteroatoms. The first-order chi connectivity index (χ1) is 9.92. The van der Waals surface area contributed by atoms with Gasteiger partial charge in [0, 0.05) is 24.7 Å². The van der Waals surface area contributed by atoms with E-state index >= 15 is 0 Å². The Morgan fingerprint density at radius 3 is 2.65 bits per heavy atom. The van der Waals surface area contributed by atoms with E-state index in [0.717, 1.165) is 23.9 Å². The lowest BCUT2D eigenvalue weighted by atomic mass is 10.0. The zero-order valence-corrected chi connectivity index (χ0v) is 12.0. The molecule has 0 saturated carbocycles. The Morgan fingerprint density at radius 2 is 1.95 bits per heavy atom. The summed E-state index contributed by atoms with van der Waals surface area (Å²) in [7, 11) is 0. The molecule has 1 unspecified atom stereocenters. The number of amidine groups is 1.